The molecule has 1 saturated heterocycles. The fourth-order valence-corrected chi connectivity index (χ4v) is 15.7. The molecule has 1 aliphatic rings. The number of nitrogens with zero attached hydrogens (tertiary/aromatic N) is 3. The van der Waals surface area contributed by atoms with Gasteiger partial charge >= 0.3 is 41.9 Å². The van der Waals surface area contributed by atoms with Crippen molar-refractivity contribution in [3.63, 3.8) is 0 Å². The van der Waals surface area contributed by atoms with Crippen LogP contribution in [0.25, 0.3) is 0 Å². The number of hydrogen-bond acceptors (Lipinski definition) is 25. The van der Waals surface area contributed by atoms with Gasteiger partial charge in [0.05, 0.1) is 19.1 Å². The van der Waals surface area contributed by atoms with Crippen molar-refractivity contribution < 1.29 is 117 Å². The number of phenolic OH excluding ortho intramolecular Hbond substituents is 1. The van der Waals surface area contributed by atoms with E-state index in [-0.39, 0.29) is 104 Å². The number of aliphatic hydroxyl groups excluding tert-OH is 1. The quantitative estimate of drug-likeness (QED) is 0.00936. The molecule has 1 aliphatic heterocycles. The number of thiazole rings is 1. The highest BCUT2D eigenvalue weighted by Gasteiger charge is 2.40. The number of amides is 9. The van der Waals surface area contributed by atoms with Crippen molar-refractivity contribution in [2.45, 2.75) is 237 Å². The molecule has 41 heteroatoms. The number of phenols is 1. The lowest BCUT2D eigenvalue weighted by molar-refractivity contribution is -0.159. The Balaban J connectivity index is 1.28. The van der Waals surface area contributed by atoms with E-state index >= 15 is 0 Å². The molecule has 2 heterocycles. The number of aliphatic hydroxyl groups is 1. The van der Waals surface area contributed by atoms with Crippen molar-refractivity contribution in [2.75, 3.05) is 38.4 Å². The number of piperidine rings is 1. The van der Waals surface area contributed by atoms with E-state index in [1.165, 1.54) is 40.1 Å². The van der Waals surface area contributed by atoms with Gasteiger partial charge in [-0.3, -0.25) is 63.1 Å². The summed E-state index contributed by atoms with van der Waals surface area (Å²) in [6, 6.07) is 3.16. The van der Waals surface area contributed by atoms with E-state index in [9.17, 15) is 103 Å². The normalized spacial score (nSPS) is 15.7. The molecule has 37 nitrogen and oxygen atoms in total. The lowest BCUT2D eigenvalue weighted by Gasteiger charge is -2.39. The third kappa shape index (κ3) is 37.3. The molecule has 654 valence electrons. The summed E-state index contributed by atoms with van der Waals surface area (Å²) in [5.74, 6) is -14.4. The molecular weight excluding hydrogens is 1620 g/mol. The summed E-state index contributed by atoms with van der Waals surface area (Å²) in [7, 11) is 4.22. The first-order chi connectivity index (χ1) is 55.9. The molecule has 1 unspecified atom stereocenters. The molecule has 0 aliphatic carbocycles. The SMILES string of the molecule is CCCC(=O)OCN(C(=O)[C@@H](NC(=O)[C@H]1CCCCN1C)C(C)CC)[C@H](C[C@@H](O)c1nc(C(=O)N[C@@H](Cc2ccc(O)cc2)C[C@H](C)C(=O)NNC(=O)OCCCCSSC[C@H](NC(=O)[C@H](Cc2ccccc2)NC(=O)[C@H](CC(=O)O)NC(=O)CC[C@@H](C)NC(=O)CC[C@@H](NC(=S)N[C@H](CCC(=O)O)C(=O)O)C(=O)O)C(=O)O)cs1)C(C)C. The van der Waals surface area contributed by atoms with Crippen LogP contribution in [0.5, 0.6) is 5.75 Å². The lowest BCUT2D eigenvalue weighted by Crippen LogP contribution is -2.59. The topological polar surface area (TPSA) is 556 Å². The number of hydrogen-bond donors (Lipinski definition) is 17. The Kier molecular flexibility index (Phi) is 44.9. The van der Waals surface area contributed by atoms with Crippen LogP contribution in [-0.2, 0) is 84.6 Å². The zero-order valence-corrected chi connectivity index (χ0v) is 70.6. The summed E-state index contributed by atoms with van der Waals surface area (Å²) >= 11 is 6.02. The van der Waals surface area contributed by atoms with E-state index in [2.05, 4.69) is 58.4 Å². The summed E-state index contributed by atoms with van der Waals surface area (Å²) in [5, 5.41) is 91.4. The Morgan fingerprint density at radius 3 is 1.87 bits per heavy atom. The van der Waals surface area contributed by atoms with Gasteiger partial charge in [-0.15, -0.1) is 11.3 Å². The number of likely N-dealkylation sites (N-methyl/N-ethyl adjacent to an activating group) is 1. The molecular formula is C77H113N13O24S4. The number of carbonyl (C=O) groups excluding carboxylic acids is 10. The number of nitrogens with one attached hydrogen (secondary N) is 10. The van der Waals surface area contributed by atoms with Crippen LogP contribution >= 0.6 is 45.1 Å². The highest BCUT2D eigenvalue weighted by atomic mass is 33.1. The minimum absolute atomic E-state index is 0.000950. The third-order valence-corrected chi connectivity index (χ3v) is 22.9. The molecule has 9 amide bonds. The Morgan fingerprint density at radius 2 is 1.26 bits per heavy atom. The van der Waals surface area contributed by atoms with E-state index in [0.29, 0.717) is 49.0 Å². The molecule has 3 aromatic rings. The number of aromatic nitrogens is 1. The number of aliphatic carboxylic acids is 5. The monoisotopic (exact) mass is 1730 g/mol. The molecule has 13 atom stereocenters. The van der Waals surface area contributed by atoms with Gasteiger partial charge in [-0.05, 0) is 132 Å². The van der Waals surface area contributed by atoms with Crippen molar-refractivity contribution in [3.05, 3.63) is 81.8 Å². The first-order valence-corrected chi connectivity index (χ1v) is 42.8. The zero-order chi connectivity index (χ0) is 87.7. The molecule has 1 fully saturated rings. The van der Waals surface area contributed by atoms with E-state index in [1.54, 1.807) is 49.4 Å². The van der Waals surface area contributed by atoms with Crippen molar-refractivity contribution in [1.82, 2.24) is 68.2 Å². The smallest absolute Gasteiger partial charge is 0.426 e. The first-order valence-electron chi connectivity index (χ1n) is 39.0. The van der Waals surface area contributed by atoms with Gasteiger partial charge in [-0.2, -0.15) is 0 Å². The summed E-state index contributed by atoms with van der Waals surface area (Å²) < 4.78 is 10.9. The van der Waals surface area contributed by atoms with Crippen LogP contribution in [0.4, 0.5) is 4.79 Å². The molecule has 4 rings (SSSR count). The maximum Gasteiger partial charge on any atom is 0.426 e. The molecule has 0 saturated carbocycles. The number of carboxylic acid groups (broad SMARTS) is 5. The molecule has 0 bridgehead atoms. The van der Waals surface area contributed by atoms with Crippen molar-refractivity contribution in [2.24, 2.45) is 17.8 Å². The van der Waals surface area contributed by atoms with E-state index in [1.807, 2.05) is 46.6 Å². The number of rotatable bonds is 53. The highest BCUT2D eigenvalue weighted by molar-refractivity contribution is 8.76. The Bertz CT molecular complexity index is 3850. The predicted octanol–water partition coefficient (Wildman–Crippen LogP) is 4.28. The summed E-state index contributed by atoms with van der Waals surface area (Å²) in [4.78, 5) is 202. The number of ether oxygens (including phenoxy) is 2. The van der Waals surface area contributed by atoms with Crippen LogP contribution in [0.15, 0.2) is 60.0 Å². The maximum atomic E-state index is 14.8. The molecule has 17 N–H and O–H groups in total. The predicted molar refractivity (Wildman–Crippen MR) is 439 cm³/mol. The van der Waals surface area contributed by atoms with Crippen LogP contribution in [0.2, 0.25) is 0 Å². The van der Waals surface area contributed by atoms with Gasteiger partial charge < -0.3 is 92.7 Å². The Morgan fingerprint density at radius 1 is 0.644 bits per heavy atom. The van der Waals surface area contributed by atoms with Crippen LogP contribution in [-0.4, -0.2) is 244 Å². The van der Waals surface area contributed by atoms with Gasteiger partial charge in [0.25, 0.3) is 5.91 Å². The Hall–Kier alpha value is -9.97. The average molecular weight is 1730 g/mol. The van der Waals surface area contributed by atoms with Crippen LogP contribution in [0, 0.1) is 17.8 Å². The molecule has 0 spiro atoms. The second-order valence-electron chi connectivity index (χ2n) is 29.2. The van der Waals surface area contributed by atoms with Gasteiger partial charge in [0, 0.05) is 79.5 Å². The minimum Gasteiger partial charge on any atom is -0.508 e. The Labute approximate surface area is 701 Å². The summed E-state index contributed by atoms with van der Waals surface area (Å²) in [6.45, 7) is 12.6. The molecule has 2 aromatic carbocycles. The van der Waals surface area contributed by atoms with E-state index in [4.69, 9.17) is 26.8 Å². The fourth-order valence-electron chi connectivity index (χ4n) is 12.3. The number of unbranched alkanes of at least 4 members (excludes halogenated alkanes) is 1. The second-order valence-corrected chi connectivity index (χ2v) is 33.1. The molecule has 1 aromatic heterocycles. The van der Waals surface area contributed by atoms with E-state index in [0.717, 1.165) is 41.5 Å². The number of benzene rings is 2. The van der Waals surface area contributed by atoms with Crippen molar-refractivity contribution >= 4 is 139 Å². The zero-order valence-electron chi connectivity index (χ0n) is 67.4. The third-order valence-electron chi connectivity index (χ3n) is 19.2. The lowest BCUT2D eigenvalue weighted by atomic mass is 9.92. The fraction of sp³-hybridized carbons (Fsp3) is 0.597. The standard InChI is InChI=1S/C77H113N13O24S4/c1-9-18-64(99)114-42-90(72(105)65(44(5)10-2)86-70(104)57-21-14-15-32-89(57)8)58(43(3)4)39-59(92)71-83-55(40-116-71)69(103)79-49(36-48-23-25-50(91)26-24-48)35-45(6)66(100)87-88-77(112)113-33-16-17-34-117-118-41-56(75(110)111)82-67(101)53(37-47-19-12-11-13-20-47)81-68(102)54(38-63(97)98)80-61(94)29-22-46(7)78-60(93)30-27-51(73(106)107)84-76(115)85-52(74(108)109)28-31-62(95)96/h11-13,19-20,23-26,40,43-46,49,51-54,56-59,65,91-92H,9-10,14-18,21-22,27-39,41-42H2,1-8H3,(H,78,93)(H,79,103)(H,80,94)(H,81,102)(H,82,101)(H,86,104)(H,87,100)(H,88,112)(H,95,96)(H,97,98)(H,106,107)(H,108,109)(H,110,111)(H2,84,85,115)/t44?,45-,46+,49+,51+,52+,53-,54-,56-,57+,58+,59+,65-/m0/s1. The number of hydrazine groups is 1. The maximum absolute atomic E-state index is 14.8. The minimum atomic E-state index is -1.75. The van der Waals surface area contributed by atoms with Crippen molar-refractivity contribution in [1.29, 1.82) is 0 Å². The van der Waals surface area contributed by atoms with Gasteiger partial charge in [-0.1, -0.05) is 118 Å². The number of likely N-dealkylation sites (tertiary alicyclic amines) is 1. The number of esters is 1. The van der Waals surface area contributed by atoms with Crippen LogP contribution < -0.4 is 53.4 Å². The average Bonchev–Trinajstić information content (AvgIpc) is 1.18. The molecule has 118 heavy (non-hydrogen) atoms. The summed E-state index contributed by atoms with van der Waals surface area (Å²) in [6.07, 6.45) is -1.01. The number of carboxylic acids is 5. The molecule has 0 radical (unpaired) electrons. The van der Waals surface area contributed by atoms with Crippen LogP contribution in [0.3, 0.4) is 0 Å². The van der Waals surface area contributed by atoms with E-state index < -0.39 is 187 Å². The van der Waals surface area contributed by atoms with Gasteiger partial charge in [-0.25, -0.2) is 29.6 Å². The summed E-state index contributed by atoms with van der Waals surface area (Å²) in [5.41, 5.74) is 5.70. The first kappa shape index (κ1) is 100. The van der Waals surface area contributed by atoms with Gasteiger partial charge in [0.15, 0.2) is 11.8 Å². The van der Waals surface area contributed by atoms with Crippen LogP contribution in [0.1, 0.15) is 190 Å². The van der Waals surface area contributed by atoms with Crippen molar-refractivity contribution in [3.8, 4) is 5.75 Å². The number of carbonyl (C=O) groups is 15. The van der Waals surface area contributed by atoms with Gasteiger partial charge in [0.1, 0.15) is 58.8 Å². The number of thiocarbonyl (C=S) groups is 1. The second kappa shape index (κ2) is 52.8. The highest BCUT2D eigenvalue weighted by Crippen LogP contribution is 2.30. The van der Waals surface area contributed by atoms with Gasteiger partial charge in [0.2, 0.25) is 41.4 Å². The number of aromatic hydroxyl groups is 1. The largest absolute Gasteiger partial charge is 0.508 e.